The van der Waals surface area contributed by atoms with Gasteiger partial charge >= 0.3 is 5.97 Å². The van der Waals surface area contributed by atoms with Crippen LogP contribution in [0, 0.1) is 6.92 Å². The predicted molar refractivity (Wildman–Crippen MR) is 100 cm³/mol. The van der Waals surface area contributed by atoms with Crippen molar-refractivity contribution in [2.24, 2.45) is 0 Å². The van der Waals surface area contributed by atoms with Gasteiger partial charge in [0.25, 0.3) is 0 Å². The number of nitrogens with zero attached hydrogens (tertiary/aromatic N) is 1. The van der Waals surface area contributed by atoms with Crippen molar-refractivity contribution in [3.63, 3.8) is 0 Å². The molecule has 7 nitrogen and oxygen atoms in total. The summed E-state index contributed by atoms with van der Waals surface area (Å²) in [5.41, 5.74) is 1.93. The van der Waals surface area contributed by atoms with E-state index in [1.165, 1.54) is 0 Å². The molecule has 0 radical (unpaired) electrons. The molecule has 8 heteroatoms. The van der Waals surface area contributed by atoms with E-state index in [0.717, 1.165) is 11.1 Å². The first-order valence-corrected chi connectivity index (χ1v) is 8.91. The van der Waals surface area contributed by atoms with E-state index in [4.69, 9.17) is 17.0 Å². The Bertz CT molecular complexity index is 707. The van der Waals surface area contributed by atoms with Gasteiger partial charge in [-0.05, 0) is 37.2 Å². The average molecular weight is 377 g/mol. The van der Waals surface area contributed by atoms with E-state index in [9.17, 15) is 14.4 Å². The van der Waals surface area contributed by atoms with Crippen molar-refractivity contribution in [1.82, 2.24) is 15.5 Å². The first kappa shape index (κ1) is 19.8. The van der Waals surface area contributed by atoms with Crippen LogP contribution < -0.4 is 10.6 Å². The van der Waals surface area contributed by atoms with Crippen molar-refractivity contribution in [1.29, 1.82) is 0 Å². The highest BCUT2D eigenvalue weighted by atomic mass is 32.1. The lowest BCUT2D eigenvalue weighted by atomic mass is 10.1. The molecule has 1 atom stereocenters. The van der Waals surface area contributed by atoms with E-state index in [-0.39, 0.29) is 36.4 Å². The van der Waals surface area contributed by atoms with Crippen molar-refractivity contribution in [2.75, 3.05) is 19.7 Å². The number of hydrogen-bond acceptors (Lipinski definition) is 5. The molecule has 1 heterocycles. The fraction of sp³-hybridized carbons (Fsp3) is 0.444. The van der Waals surface area contributed by atoms with E-state index >= 15 is 0 Å². The van der Waals surface area contributed by atoms with Crippen LogP contribution in [0.3, 0.4) is 0 Å². The summed E-state index contributed by atoms with van der Waals surface area (Å²) in [6.07, 6.45) is 0.0723. The summed E-state index contributed by atoms with van der Waals surface area (Å²) in [5, 5.41) is 5.52. The third-order valence-electron chi connectivity index (χ3n) is 4.12. The first-order valence-electron chi connectivity index (χ1n) is 8.50. The fourth-order valence-corrected chi connectivity index (χ4v) is 3.09. The van der Waals surface area contributed by atoms with Crippen LogP contribution in [0.15, 0.2) is 24.3 Å². The van der Waals surface area contributed by atoms with E-state index in [0.29, 0.717) is 13.1 Å². The van der Waals surface area contributed by atoms with Crippen LogP contribution in [-0.2, 0) is 25.5 Å². The molecule has 140 valence electrons. The fourth-order valence-electron chi connectivity index (χ4n) is 2.76. The van der Waals surface area contributed by atoms with E-state index < -0.39 is 12.0 Å². The number of piperazine rings is 1. The Morgan fingerprint density at radius 1 is 1.38 bits per heavy atom. The maximum Gasteiger partial charge on any atom is 0.308 e. The van der Waals surface area contributed by atoms with Gasteiger partial charge in [-0.25, -0.2) is 0 Å². The van der Waals surface area contributed by atoms with Crippen molar-refractivity contribution >= 4 is 35.1 Å². The Morgan fingerprint density at radius 2 is 2.12 bits per heavy atom. The second-order valence-corrected chi connectivity index (χ2v) is 6.35. The molecule has 1 aromatic rings. The summed E-state index contributed by atoms with van der Waals surface area (Å²) in [6, 6.07) is 6.82. The Hall–Kier alpha value is -2.48. The molecule has 2 N–H and O–H groups in total. The molecule has 1 unspecified atom stereocenters. The highest BCUT2D eigenvalue weighted by molar-refractivity contribution is 7.80. The lowest BCUT2D eigenvalue weighted by Crippen LogP contribution is -2.60. The number of amides is 2. The number of thiocarbonyl (C=S) groups is 1. The lowest BCUT2D eigenvalue weighted by molar-refractivity contribution is -0.147. The summed E-state index contributed by atoms with van der Waals surface area (Å²) < 4.78 is 4.92. The Kier molecular flexibility index (Phi) is 7.08. The minimum Gasteiger partial charge on any atom is -0.466 e. The molecule has 0 aromatic heterocycles. The van der Waals surface area contributed by atoms with Gasteiger partial charge in [0.1, 0.15) is 6.04 Å². The third-order valence-corrected chi connectivity index (χ3v) is 4.45. The zero-order valence-corrected chi connectivity index (χ0v) is 15.7. The van der Waals surface area contributed by atoms with Gasteiger partial charge in [-0.15, -0.1) is 0 Å². The molecule has 1 aliphatic heterocycles. The Balaban J connectivity index is 2.01. The van der Waals surface area contributed by atoms with E-state index in [1.807, 2.05) is 31.2 Å². The highest BCUT2D eigenvalue weighted by Gasteiger charge is 2.34. The molecule has 0 bridgehead atoms. The van der Waals surface area contributed by atoms with Crippen LogP contribution in [0.25, 0.3) is 0 Å². The highest BCUT2D eigenvalue weighted by Crippen LogP contribution is 2.12. The zero-order chi connectivity index (χ0) is 19.1. The van der Waals surface area contributed by atoms with Gasteiger partial charge in [0.05, 0.1) is 19.4 Å². The molecular weight excluding hydrogens is 354 g/mol. The van der Waals surface area contributed by atoms with Crippen LogP contribution in [0.4, 0.5) is 0 Å². The monoisotopic (exact) mass is 377 g/mol. The molecule has 0 aliphatic carbocycles. The molecule has 1 aliphatic rings. The molecule has 1 saturated heterocycles. The standard InChI is InChI=1S/C18H23N3O4S/c1-3-25-16(23)11-14-17(24)19-8-9-21(14)18(26)20-15(22)10-13-7-5-4-6-12(13)2/h4-7,14H,3,8-11H2,1-2H3,(H,19,24)(H,20,22,26). The van der Waals surface area contributed by atoms with Crippen LogP contribution >= 0.6 is 12.2 Å². The number of aryl methyl sites for hydroxylation is 1. The second-order valence-electron chi connectivity index (χ2n) is 5.97. The van der Waals surface area contributed by atoms with Crippen LogP contribution in [0.2, 0.25) is 0 Å². The van der Waals surface area contributed by atoms with Crippen molar-refractivity contribution in [2.45, 2.75) is 32.7 Å². The number of ether oxygens (including phenoxy) is 1. The smallest absolute Gasteiger partial charge is 0.308 e. The largest absolute Gasteiger partial charge is 0.466 e. The molecule has 2 amide bonds. The molecular formula is C18H23N3O4S. The number of carbonyl (C=O) groups excluding carboxylic acids is 3. The molecule has 2 rings (SSSR count). The molecule has 26 heavy (non-hydrogen) atoms. The normalized spacial score (nSPS) is 16.6. The SMILES string of the molecule is CCOC(=O)CC1C(=O)NCCN1C(=S)NC(=O)Cc1ccccc1C. The second kappa shape index (κ2) is 9.28. The minimum atomic E-state index is -0.783. The van der Waals surface area contributed by atoms with Gasteiger partial charge in [0, 0.05) is 13.1 Å². The van der Waals surface area contributed by atoms with E-state index in [1.54, 1.807) is 11.8 Å². The average Bonchev–Trinajstić information content (AvgIpc) is 2.59. The van der Waals surface area contributed by atoms with Gasteiger partial charge in [-0.2, -0.15) is 0 Å². The summed E-state index contributed by atoms with van der Waals surface area (Å²) in [7, 11) is 0. The topological polar surface area (TPSA) is 87.7 Å². The Morgan fingerprint density at radius 3 is 2.81 bits per heavy atom. The Labute approximate surface area is 158 Å². The molecule has 1 fully saturated rings. The summed E-state index contributed by atoms with van der Waals surface area (Å²) in [5.74, 6) is -1.04. The van der Waals surface area contributed by atoms with Crippen molar-refractivity contribution < 1.29 is 19.1 Å². The summed E-state index contributed by atoms with van der Waals surface area (Å²) in [6.45, 7) is 4.69. The quantitative estimate of drug-likeness (QED) is 0.580. The summed E-state index contributed by atoms with van der Waals surface area (Å²) in [4.78, 5) is 37.8. The van der Waals surface area contributed by atoms with Gasteiger partial charge < -0.3 is 20.3 Å². The first-order chi connectivity index (χ1) is 12.4. The zero-order valence-electron chi connectivity index (χ0n) is 14.9. The van der Waals surface area contributed by atoms with E-state index in [2.05, 4.69) is 10.6 Å². The number of benzene rings is 1. The number of carbonyl (C=O) groups is 3. The van der Waals surface area contributed by atoms with Crippen LogP contribution in [0.5, 0.6) is 0 Å². The number of nitrogens with one attached hydrogen (secondary N) is 2. The number of rotatable bonds is 5. The van der Waals surface area contributed by atoms with Gasteiger partial charge in [0.15, 0.2) is 5.11 Å². The number of esters is 1. The molecule has 0 saturated carbocycles. The van der Waals surface area contributed by atoms with Gasteiger partial charge in [0.2, 0.25) is 11.8 Å². The van der Waals surface area contributed by atoms with Crippen LogP contribution in [-0.4, -0.2) is 53.5 Å². The van der Waals surface area contributed by atoms with Crippen LogP contribution in [0.1, 0.15) is 24.5 Å². The third kappa shape index (κ3) is 5.26. The molecule has 0 spiro atoms. The molecule has 1 aromatic carbocycles. The minimum absolute atomic E-state index is 0.118. The lowest BCUT2D eigenvalue weighted by Gasteiger charge is -2.36. The maximum absolute atomic E-state index is 12.3. The predicted octanol–water partition coefficient (Wildman–Crippen LogP) is 0.692. The van der Waals surface area contributed by atoms with Gasteiger partial charge in [-0.3, -0.25) is 14.4 Å². The maximum atomic E-state index is 12.3. The van der Waals surface area contributed by atoms with Crippen molar-refractivity contribution in [3.05, 3.63) is 35.4 Å². The number of hydrogen-bond donors (Lipinski definition) is 2. The van der Waals surface area contributed by atoms with Crippen molar-refractivity contribution in [3.8, 4) is 0 Å². The summed E-state index contributed by atoms with van der Waals surface area (Å²) >= 11 is 5.31. The van der Waals surface area contributed by atoms with Gasteiger partial charge in [-0.1, -0.05) is 24.3 Å².